The van der Waals surface area contributed by atoms with Gasteiger partial charge in [0.25, 0.3) is 0 Å². The molecule has 1 heterocycles. The Bertz CT molecular complexity index is 605. The molecule has 0 saturated carbocycles. The molecular formula is C20H30N2O4. The van der Waals surface area contributed by atoms with Crippen LogP contribution in [0, 0.1) is 6.92 Å². The van der Waals surface area contributed by atoms with Crippen molar-refractivity contribution in [2.24, 2.45) is 0 Å². The molecule has 2 rings (SSSR count). The Labute approximate surface area is 155 Å². The van der Waals surface area contributed by atoms with E-state index in [9.17, 15) is 9.59 Å². The van der Waals surface area contributed by atoms with Crippen LogP contribution >= 0.6 is 0 Å². The van der Waals surface area contributed by atoms with Gasteiger partial charge in [-0.15, -0.1) is 0 Å². The Hall–Kier alpha value is -2.08. The van der Waals surface area contributed by atoms with Gasteiger partial charge in [-0.25, -0.2) is 0 Å². The zero-order chi connectivity index (χ0) is 18.9. The van der Waals surface area contributed by atoms with E-state index in [-0.39, 0.29) is 18.5 Å². The predicted octanol–water partition coefficient (Wildman–Crippen LogP) is 2.55. The molecule has 1 aliphatic rings. The summed E-state index contributed by atoms with van der Waals surface area (Å²) in [5.74, 6) is 0.203. The van der Waals surface area contributed by atoms with Crippen molar-refractivity contribution in [2.75, 3.05) is 33.3 Å². The third-order valence-corrected chi connectivity index (χ3v) is 4.85. The van der Waals surface area contributed by atoms with E-state index >= 15 is 0 Å². The molecule has 26 heavy (non-hydrogen) atoms. The van der Waals surface area contributed by atoms with E-state index in [1.807, 2.05) is 48.0 Å². The van der Waals surface area contributed by atoms with E-state index < -0.39 is 5.97 Å². The van der Waals surface area contributed by atoms with E-state index in [4.69, 9.17) is 9.84 Å². The molecule has 0 spiro atoms. The van der Waals surface area contributed by atoms with Gasteiger partial charge in [0.1, 0.15) is 5.75 Å². The van der Waals surface area contributed by atoms with Crippen molar-refractivity contribution in [3.05, 3.63) is 29.8 Å². The van der Waals surface area contributed by atoms with Crippen molar-refractivity contribution in [2.45, 2.75) is 45.1 Å². The summed E-state index contributed by atoms with van der Waals surface area (Å²) in [7, 11) is 1.85. The quantitative estimate of drug-likeness (QED) is 0.720. The van der Waals surface area contributed by atoms with Gasteiger partial charge in [0.15, 0.2) is 0 Å². The molecule has 0 radical (unpaired) electrons. The largest absolute Gasteiger partial charge is 0.494 e. The summed E-state index contributed by atoms with van der Waals surface area (Å²) in [5, 5.41) is 8.93. The summed E-state index contributed by atoms with van der Waals surface area (Å²) < 4.78 is 5.70. The molecule has 144 valence electrons. The molecule has 1 aromatic rings. The smallest absolute Gasteiger partial charge is 0.317 e. The van der Waals surface area contributed by atoms with Crippen LogP contribution in [0.15, 0.2) is 24.3 Å². The van der Waals surface area contributed by atoms with Gasteiger partial charge in [-0.05, 0) is 57.4 Å². The van der Waals surface area contributed by atoms with Crippen LogP contribution < -0.4 is 4.74 Å². The molecule has 6 heteroatoms. The molecule has 1 unspecified atom stereocenters. The number of nitrogens with zero attached hydrogens (tertiary/aromatic N) is 2. The number of likely N-dealkylation sites (N-methyl/N-ethyl adjacent to an activating group) is 1. The van der Waals surface area contributed by atoms with Crippen LogP contribution in [0.1, 0.15) is 37.7 Å². The molecule has 6 nitrogen and oxygen atoms in total. The average molecular weight is 362 g/mol. The van der Waals surface area contributed by atoms with E-state index in [2.05, 4.69) is 0 Å². The van der Waals surface area contributed by atoms with Crippen LogP contribution in [0.5, 0.6) is 5.75 Å². The number of aliphatic carboxylic acids is 1. The highest BCUT2D eigenvalue weighted by Crippen LogP contribution is 2.17. The molecule has 1 aliphatic heterocycles. The number of amides is 1. The lowest BCUT2D eigenvalue weighted by Crippen LogP contribution is -2.37. The summed E-state index contributed by atoms with van der Waals surface area (Å²) in [6, 6.07) is 8.14. The van der Waals surface area contributed by atoms with Crippen molar-refractivity contribution in [3.8, 4) is 5.75 Å². The number of hydrogen-bond acceptors (Lipinski definition) is 4. The third-order valence-electron chi connectivity index (χ3n) is 4.85. The fourth-order valence-corrected chi connectivity index (χ4v) is 3.39. The van der Waals surface area contributed by atoms with Gasteiger partial charge in [-0.2, -0.15) is 0 Å². The Balaban J connectivity index is 1.70. The van der Waals surface area contributed by atoms with Gasteiger partial charge in [-0.1, -0.05) is 12.1 Å². The number of aryl methyl sites for hydroxylation is 1. The first-order valence-electron chi connectivity index (χ1n) is 9.35. The number of likely N-dealkylation sites (tertiary alicyclic amines) is 1. The number of ether oxygens (including phenoxy) is 1. The highest BCUT2D eigenvalue weighted by molar-refractivity contribution is 5.76. The maximum atomic E-state index is 12.4. The fourth-order valence-electron chi connectivity index (χ4n) is 3.39. The van der Waals surface area contributed by atoms with Crippen LogP contribution in [-0.2, 0) is 9.59 Å². The Kier molecular flexibility index (Phi) is 7.91. The first kappa shape index (κ1) is 20.2. The Morgan fingerprint density at radius 1 is 1.31 bits per heavy atom. The minimum Gasteiger partial charge on any atom is -0.494 e. The van der Waals surface area contributed by atoms with Gasteiger partial charge in [-0.3, -0.25) is 14.5 Å². The summed E-state index contributed by atoms with van der Waals surface area (Å²) >= 11 is 0. The van der Waals surface area contributed by atoms with Crippen molar-refractivity contribution < 1.29 is 19.4 Å². The number of rotatable bonds is 8. The normalized spacial score (nSPS) is 17.8. The second kappa shape index (κ2) is 10.2. The second-order valence-electron chi connectivity index (χ2n) is 7.04. The lowest BCUT2D eigenvalue weighted by molar-refractivity contribution is -0.138. The maximum absolute atomic E-state index is 12.4. The predicted molar refractivity (Wildman–Crippen MR) is 100 cm³/mol. The van der Waals surface area contributed by atoms with E-state index in [0.29, 0.717) is 26.0 Å². The SMILES string of the molecule is Cc1cccc(OCCCC(=O)N2CCCC(N(C)CC(=O)O)CC2)c1. The zero-order valence-electron chi connectivity index (χ0n) is 15.8. The lowest BCUT2D eigenvalue weighted by atomic mass is 10.1. The van der Waals surface area contributed by atoms with Gasteiger partial charge in [0.05, 0.1) is 13.2 Å². The van der Waals surface area contributed by atoms with Crippen molar-refractivity contribution in [3.63, 3.8) is 0 Å². The summed E-state index contributed by atoms with van der Waals surface area (Å²) in [6.07, 6.45) is 3.87. The van der Waals surface area contributed by atoms with Crippen LogP contribution in [0.2, 0.25) is 0 Å². The highest BCUT2D eigenvalue weighted by atomic mass is 16.5. The molecule has 0 aromatic heterocycles. The first-order valence-corrected chi connectivity index (χ1v) is 9.35. The summed E-state index contributed by atoms with van der Waals surface area (Å²) in [4.78, 5) is 27.1. The Morgan fingerprint density at radius 3 is 2.85 bits per heavy atom. The molecule has 1 atom stereocenters. The molecule has 0 bridgehead atoms. The van der Waals surface area contributed by atoms with Crippen molar-refractivity contribution >= 4 is 11.9 Å². The number of carboxylic acid groups (broad SMARTS) is 1. The van der Waals surface area contributed by atoms with Gasteiger partial charge < -0.3 is 14.7 Å². The first-order chi connectivity index (χ1) is 12.5. The topological polar surface area (TPSA) is 70.1 Å². The number of benzene rings is 1. The van der Waals surface area contributed by atoms with Crippen LogP contribution in [-0.4, -0.2) is 66.1 Å². The van der Waals surface area contributed by atoms with Gasteiger partial charge in [0, 0.05) is 25.6 Å². The van der Waals surface area contributed by atoms with Crippen molar-refractivity contribution in [1.82, 2.24) is 9.80 Å². The molecule has 1 fully saturated rings. The zero-order valence-corrected chi connectivity index (χ0v) is 15.8. The van der Waals surface area contributed by atoms with E-state index in [0.717, 1.165) is 37.1 Å². The van der Waals surface area contributed by atoms with Crippen LogP contribution in [0.25, 0.3) is 0 Å². The highest BCUT2D eigenvalue weighted by Gasteiger charge is 2.23. The number of carbonyl (C=O) groups is 2. The molecule has 1 aromatic carbocycles. The fraction of sp³-hybridized carbons (Fsp3) is 0.600. The van der Waals surface area contributed by atoms with Crippen LogP contribution in [0.3, 0.4) is 0 Å². The van der Waals surface area contributed by atoms with E-state index in [1.54, 1.807) is 0 Å². The summed E-state index contributed by atoms with van der Waals surface area (Å²) in [6.45, 7) is 4.07. The van der Waals surface area contributed by atoms with Crippen molar-refractivity contribution in [1.29, 1.82) is 0 Å². The number of hydrogen-bond donors (Lipinski definition) is 1. The maximum Gasteiger partial charge on any atom is 0.317 e. The molecule has 1 saturated heterocycles. The van der Waals surface area contributed by atoms with Crippen LogP contribution in [0.4, 0.5) is 0 Å². The average Bonchev–Trinajstić information content (AvgIpc) is 2.84. The van der Waals surface area contributed by atoms with Gasteiger partial charge >= 0.3 is 5.97 Å². The monoisotopic (exact) mass is 362 g/mol. The minimum absolute atomic E-state index is 0.0505. The number of carboxylic acids is 1. The molecule has 0 aliphatic carbocycles. The van der Waals surface area contributed by atoms with Gasteiger partial charge in [0.2, 0.25) is 5.91 Å². The molecule has 1 amide bonds. The second-order valence-corrected chi connectivity index (χ2v) is 7.04. The standard InChI is InChI=1S/C20H30N2O4/c1-16-6-3-8-18(14-16)26-13-5-9-19(23)22-11-4-7-17(10-12-22)21(2)15-20(24)25/h3,6,8,14,17H,4-5,7,9-13,15H2,1-2H3,(H,24,25). The van der Waals surface area contributed by atoms with E-state index in [1.165, 1.54) is 0 Å². The number of carbonyl (C=O) groups excluding carboxylic acids is 1. The lowest BCUT2D eigenvalue weighted by Gasteiger charge is -2.25. The molecular weight excluding hydrogens is 332 g/mol. The third kappa shape index (κ3) is 6.67. The minimum atomic E-state index is -0.807. The molecule has 1 N–H and O–H groups in total. The Morgan fingerprint density at radius 2 is 2.12 bits per heavy atom. The summed E-state index contributed by atoms with van der Waals surface area (Å²) in [5.41, 5.74) is 1.16.